The molecule has 0 unspecified atom stereocenters. The van der Waals surface area contributed by atoms with Crippen LogP contribution in [-0.4, -0.2) is 45.5 Å². The summed E-state index contributed by atoms with van der Waals surface area (Å²) in [6, 6.07) is 2.81. The van der Waals surface area contributed by atoms with Crippen molar-refractivity contribution < 1.29 is 0 Å². The lowest BCUT2D eigenvalue weighted by atomic mass is 9.86. The fraction of sp³-hybridized carbons (Fsp3) is 1.00. The second-order valence-electron chi connectivity index (χ2n) is 9.85. The van der Waals surface area contributed by atoms with Gasteiger partial charge in [-0.2, -0.15) is 0 Å². The molecule has 4 saturated heterocycles. The minimum Gasteiger partial charge on any atom is -0.295 e. The second kappa shape index (κ2) is 5.23. The van der Waals surface area contributed by atoms with E-state index >= 15 is 0 Å². The van der Waals surface area contributed by atoms with Crippen molar-refractivity contribution in [1.82, 2.24) is 9.80 Å². The van der Waals surface area contributed by atoms with Gasteiger partial charge in [-0.3, -0.25) is 9.80 Å². The Bertz CT molecular complexity index is 350. The monoisotopic (exact) mass is 292 g/mol. The molecule has 4 aliphatic heterocycles. The van der Waals surface area contributed by atoms with Gasteiger partial charge < -0.3 is 0 Å². The minimum atomic E-state index is 0.419. The van der Waals surface area contributed by atoms with Gasteiger partial charge in [-0.05, 0) is 86.0 Å². The molecule has 5 rings (SSSR count). The highest BCUT2D eigenvalue weighted by atomic mass is 15.3. The van der Waals surface area contributed by atoms with Crippen molar-refractivity contribution in [3.63, 3.8) is 0 Å². The van der Waals surface area contributed by atoms with Crippen molar-refractivity contribution in [2.45, 2.75) is 109 Å². The third-order valence-corrected chi connectivity index (χ3v) is 6.20. The van der Waals surface area contributed by atoms with Crippen molar-refractivity contribution in [3.05, 3.63) is 0 Å². The van der Waals surface area contributed by atoms with E-state index in [0.717, 1.165) is 24.0 Å². The maximum absolute atomic E-state index is 2.74. The molecule has 0 aromatic heterocycles. The Labute approximate surface area is 132 Å². The van der Waals surface area contributed by atoms with Gasteiger partial charge in [0.15, 0.2) is 0 Å². The Morgan fingerprint density at radius 1 is 0.667 bits per heavy atom. The maximum atomic E-state index is 2.74. The van der Waals surface area contributed by atoms with Crippen molar-refractivity contribution in [3.8, 4) is 0 Å². The van der Waals surface area contributed by atoms with Crippen LogP contribution < -0.4 is 0 Å². The predicted molar refractivity (Wildman–Crippen MR) is 90.6 cm³/mol. The number of hydrogen-bond acceptors (Lipinski definition) is 2. The summed E-state index contributed by atoms with van der Waals surface area (Å²) < 4.78 is 0. The molecule has 4 bridgehead atoms. The quantitative estimate of drug-likeness (QED) is 0.657. The Hall–Kier alpha value is -0.0800. The van der Waals surface area contributed by atoms with Crippen LogP contribution >= 0.6 is 0 Å². The summed E-state index contributed by atoms with van der Waals surface area (Å²) in [5.41, 5.74) is 0.845. The molecule has 21 heavy (non-hydrogen) atoms. The predicted octanol–water partition coefficient (Wildman–Crippen LogP) is 4.29. The highest BCUT2D eigenvalue weighted by molar-refractivity contribution is 5.01. The third kappa shape index (κ3) is 3.03. The zero-order chi connectivity index (χ0) is 15.4. The van der Waals surface area contributed by atoms with E-state index in [2.05, 4.69) is 51.3 Å². The highest BCUT2D eigenvalue weighted by Gasteiger charge is 2.46. The summed E-state index contributed by atoms with van der Waals surface area (Å²) in [6.45, 7) is 15.4. The van der Waals surface area contributed by atoms with Crippen LogP contribution in [0.15, 0.2) is 0 Å². The van der Waals surface area contributed by atoms with Gasteiger partial charge in [0.1, 0.15) is 0 Å². The van der Waals surface area contributed by atoms with Crippen molar-refractivity contribution in [2.75, 3.05) is 6.54 Å². The van der Waals surface area contributed by atoms with Gasteiger partial charge in [-0.15, -0.1) is 0 Å². The number of hydrogen-bond donors (Lipinski definition) is 0. The number of rotatable bonds is 0. The molecule has 0 atom stereocenters. The van der Waals surface area contributed by atoms with E-state index < -0.39 is 0 Å². The van der Waals surface area contributed by atoms with Gasteiger partial charge in [0.25, 0.3) is 0 Å². The average Bonchev–Trinajstić information content (AvgIpc) is 3.05. The van der Waals surface area contributed by atoms with Gasteiger partial charge in [-0.25, -0.2) is 0 Å². The van der Waals surface area contributed by atoms with Crippen LogP contribution in [0.25, 0.3) is 0 Å². The van der Waals surface area contributed by atoms with E-state index in [4.69, 9.17) is 0 Å². The van der Waals surface area contributed by atoms with E-state index in [1.807, 2.05) is 0 Å². The summed E-state index contributed by atoms with van der Waals surface area (Å²) in [5.74, 6) is 1.06. The fourth-order valence-electron chi connectivity index (χ4n) is 5.36. The van der Waals surface area contributed by atoms with Gasteiger partial charge >= 0.3 is 0 Å². The molecule has 0 aromatic carbocycles. The summed E-state index contributed by atoms with van der Waals surface area (Å²) >= 11 is 0. The second-order valence-corrected chi connectivity index (χ2v) is 9.85. The molecule has 1 saturated carbocycles. The normalized spacial score (nSPS) is 39.1. The zero-order valence-electron chi connectivity index (χ0n) is 15.2. The van der Waals surface area contributed by atoms with Crippen LogP contribution in [0.4, 0.5) is 0 Å². The van der Waals surface area contributed by atoms with Crippen LogP contribution in [0.2, 0.25) is 0 Å². The molecule has 0 aromatic rings. The smallest absolute Gasteiger partial charge is 0.0130 e. The summed E-state index contributed by atoms with van der Waals surface area (Å²) in [5, 5.41) is 0. The summed E-state index contributed by atoms with van der Waals surface area (Å²) in [6.07, 6.45) is 8.81. The summed E-state index contributed by atoms with van der Waals surface area (Å²) in [7, 11) is 0. The third-order valence-electron chi connectivity index (χ3n) is 6.20. The molecular weight excluding hydrogens is 256 g/mol. The largest absolute Gasteiger partial charge is 0.295 e. The van der Waals surface area contributed by atoms with Crippen LogP contribution in [0.3, 0.4) is 0 Å². The Morgan fingerprint density at radius 3 is 1.33 bits per heavy atom. The molecule has 5 fully saturated rings. The molecule has 5 aliphatic rings. The zero-order valence-corrected chi connectivity index (χ0v) is 15.2. The van der Waals surface area contributed by atoms with Crippen LogP contribution in [-0.2, 0) is 0 Å². The molecule has 2 heteroatoms. The van der Waals surface area contributed by atoms with Crippen LogP contribution in [0.1, 0.15) is 80.1 Å². The Kier molecular flexibility index (Phi) is 3.94. The first-order valence-corrected chi connectivity index (χ1v) is 9.21. The number of nitrogens with zero attached hydrogens (tertiary/aromatic N) is 2. The van der Waals surface area contributed by atoms with Crippen molar-refractivity contribution in [1.29, 1.82) is 0 Å². The molecule has 1 aliphatic carbocycles. The Morgan fingerprint density at radius 2 is 1.14 bits per heavy atom. The standard InChI is InChI=1S/C10H19N.C9H17N/c1-10(2,3)11-8-4-5-9(11)7-6-8;1-9(2,3)10-6-7-4-8(10)5-7/h8-9H,4-7H2,1-3H3;7-8H,4-6H2,1-3H3. The fourth-order valence-corrected chi connectivity index (χ4v) is 5.36. The lowest BCUT2D eigenvalue weighted by molar-refractivity contribution is 0.117. The minimum absolute atomic E-state index is 0.419. The van der Waals surface area contributed by atoms with Gasteiger partial charge in [-0.1, -0.05) is 0 Å². The highest BCUT2D eigenvalue weighted by Crippen LogP contribution is 2.44. The van der Waals surface area contributed by atoms with E-state index in [-0.39, 0.29) is 0 Å². The molecule has 2 nitrogen and oxygen atoms in total. The van der Waals surface area contributed by atoms with E-state index in [1.54, 1.807) is 0 Å². The van der Waals surface area contributed by atoms with Crippen LogP contribution in [0.5, 0.6) is 0 Å². The van der Waals surface area contributed by atoms with Gasteiger partial charge in [0.05, 0.1) is 0 Å². The van der Waals surface area contributed by atoms with Crippen LogP contribution in [0, 0.1) is 5.92 Å². The van der Waals surface area contributed by atoms with E-state index in [0.29, 0.717) is 11.1 Å². The molecule has 4 heterocycles. The van der Waals surface area contributed by atoms with E-state index in [9.17, 15) is 0 Å². The van der Waals surface area contributed by atoms with Gasteiger partial charge in [0, 0.05) is 35.7 Å². The lowest BCUT2D eigenvalue weighted by Crippen LogP contribution is -2.44. The number of fused-ring (bicyclic) bond motifs is 3. The first-order chi connectivity index (χ1) is 9.66. The first kappa shape index (κ1) is 15.8. The van der Waals surface area contributed by atoms with Crippen molar-refractivity contribution in [2.24, 2.45) is 5.92 Å². The first-order valence-electron chi connectivity index (χ1n) is 9.21. The molecular formula is C19H36N2. The summed E-state index contributed by atoms with van der Waals surface area (Å²) in [4.78, 5) is 5.41. The SMILES string of the molecule is CC(C)(C)N1C2CCC1CC2.CC(C)(C)N1CC2CC1C2. The van der Waals surface area contributed by atoms with E-state index in [1.165, 1.54) is 45.1 Å². The molecule has 0 radical (unpaired) electrons. The molecule has 0 amide bonds. The topological polar surface area (TPSA) is 6.48 Å². The Balaban J connectivity index is 0.000000126. The molecule has 0 spiro atoms. The molecule has 0 N–H and O–H groups in total. The van der Waals surface area contributed by atoms with Crippen molar-refractivity contribution >= 4 is 0 Å². The average molecular weight is 293 g/mol. The molecule has 122 valence electrons. The lowest BCUT2D eigenvalue weighted by Gasteiger charge is -2.36. The van der Waals surface area contributed by atoms with Gasteiger partial charge in [0.2, 0.25) is 0 Å². The maximum Gasteiger partial charge on any atom is 0.0130 e.